The number of pyridine rings is 1. The lowest BCUT2D eigenvalue weighted by atomic mass is 10.2. The number of rotatable bonds is 3. The fourth-order valence-corrected chi connectivity index (χ4v) is 2.69. The van der Waals surface area contributed by atoms with Crippen molar-refractivity contribution >= 4 is 34.8 Å². The Labute approximate surface area is 144 Å². The van der Waals surface area contributed by atoms with Crippen LogP contribution in [-0.2, 0) is 4.74 Å². The van der Waals surface area contributed by atoms with Crippen molar-refractivity contribution < 1.29 is 14.3 Å². The van der Waals surface area contributed by atoms with Gasteiger partial charge in [-0.05, 0) is 46.8 Å². The number of aryl methyl sites for hydroxylation is 2. The SMILES string of the molecule is Cc1nc(C)c(C(=O)Nc2ccc(NC(=O)OC(C)(C)C)nc2)s1. The van der Waals surface area contributed by atoms with Crippen LogP contribution in [0.5, 0.6) is 0 Å². The lowest BCUT2D eigenvalue weighted by Crippen LogP contribution is -2.27. The molecule has 0 saturated heterocycles. The molecule has 2 amide bonds. The van der Waals surface area contributed by atoms with E-state index in [4.69, 9.17) is 4.74 Å². The molecule has 24 heavy (non-hydrogen) atoms. The van der Waals surface area contributed by atoms with Gasteiger partial charge in [0.1, 0.15) is 16.3 Å². The van der Waals surface area contributed by atoms with E-state index in [1.807, 2.05) is 6.92 Å². The predicted octanol–water partition coefficient (Wildman–Crippen LogP) is 3.75. The zero-order valence-corrected chi connectivity index (χ0v) is 15.1. The molecule has 0 aliphatic heterocycles. The average molecular weight is 348 g/mol. The molecule has 7 nitrogen and oxygen atoms in total. The summed E-state index contributed by atoms with van der Waals surface area (Å²) >= 11 is 1.34. The molecule has 2 N–H and O–H groups in total. The number of hydrogen-bond acceptors (Lipinski definition) is 6. The van der Waals surface area contributed by atoms with Gasteiger partial charge >= 0.3 is 6.09 Å². The summed E-state index contributed by atoms with van der Waals surface area (Å²) in [5, 5.41) is 6.13. The molecule has 0 saturated carbocycles. The number of nitrogens with zero attached hydrogens (tertiary/aromatic N) is 2. The quantitative estimate of drug-likeness (QED) is 0.881. The number of carbonyl (C=O) groups is 2. The minimum atomic E-state index is -0.581. The number of nitrogens with one attached hydrogen (secondary N) is 2. The zero-order chi connectivity index (χ0) is 17.9. The topological polar surface area (TPSA) is 93.2 Å². The molecule has 2 heterocycles. The van der Waals surface area contributed by atoms with Crippen LogP contribution in [0.25, 0.3) is 0 Å². The highest BCUT2D eigenvalue weighted by atomic mass is 32.1. The highest BCUT2D eigenvalue weighted by Gasteiger charge is 2.17. The van der Waals surface area contributed by atoms with E-state index in [0.717, 1.165) is 5.01 Å². The summed E-state index contributed by atoms with van der Waals surface area (Å²) in [4.78, 5) is 32.8. The van der Waals surface area contributed by atoms with Crippen LogP contribution in [0.1, 0.15) is 41.1 Å². The van der Waals surface area contributed by atoms with Gasteiger partial charge < -0.3 is 10.1 Å². The summed E-state index contributed by atoms with van der Waals surface area (Å²) in [6.07, 6.45) is 0.885. The number of aromatic nitrogens is 2. The van der Waals surface area contributed by atoms with E-state index in [-0.39, 0.29) is 5.91 Å². The van der Waals surface area contributed by atoms with Crippen LogP contribution >= 0.6 is 11.3 Å². The monoisotopic (exact) mass is 348 g/mol. The van der Waals surface area contributed by atoms with Gasteiger partial charge in [0, 0.05) is 0 Å². The summed E-state index contributed by atoms with van der Waals surface area (Å²) in [6, 6.07) is 3.24. The highest BCUT2D eigenvalue weighted by Crippen LogP contribution is 2.19. The Balaban J connectivity index is 1.98. The first kappa shape index (κ1) is 17.9. The molecule has 0 fully saturated rings. The third kappa shape index (κ3) is 5.02. The average Bonchev–Trinajstić information content (AvgIpc) is 2.78. The van der Waals surface area contributed by atoms with Gasteiger partial charge in [-0.3, -0.25) is 10.1 Å². The first-order chi connectivity index (χ1) is 11.1. The number of carbonyl (C=O) groups excluding carboxylic acids is 2. The van der Waals surface area contributed by atoms with Crippen molar-refractivity contribution in [1.29, 1.82) is 0 Å². The fourth-order valence-electron chi connectivity index (χ4n) is 1.88. The molecule has 0 aromatic carbocycles. The maximum atomic E-state index is 12.2. The Morgan fingerprint density at radius 2 is 1.88 bits per heavy atom. The molecule has 2 aromatic rings. The largest absolute Gasteiger partial charge is 0.444 e. The molecule has 0 aliphatic rings. The number of amides is 2. The molecule has 0 aliphatic carbocycles. The second kappa shape index (κ2) is 6.96. The number of ether oxygens (including phenoxy) is 1. The normalized spacial score (nSPS) is 11.0. The maximum Gasteiger partial charge on any atom is 0.413 e. The highest BCUT2D eigenvalue weighted by molar-refractivity contribution is 7.13. The van der Waals surface area contributed by atoms with Crippen LogP contribution in [0.15, 0.2) is 18.3 Å². The van der Waals surface area contributed by atoms with Gasteiger partial charge in [-0.1, -0.05) is 0 Å². The molecule has 2 rings (SSSR count). The number of anilines is 2. The minimum Gasteiger partial charge on any atom is -0.444 e. The van der Waals surface area contributed by atoms with Crippen molar-refractivity contribution in [3.05, 3.63) is 33.9 Å². The molecule has 0 unspecified atom stereocenters. The molecule has 0 spiro atoms. The molecule has 0 bridgehead atoms. The van der Waals surface area contributed by atoms with Crippen LogP contribution in [0.3, 0.4) is 0 Å². The van der Waals surface area contributed by atoms with Gasteiger partial charge in [-0.2, -0.15) is 0 Å². The lowest BCUT2D eigenvalue weighted by molar-refractivity contribution is 0.0635. The molecular formula is C16H20N4O3S. The summed E-state index contributed by atoms with van der Waals surface area (Å²) in [6.45, 7) is 8.99. The van der Waals surface area contributed by atoms with E-state index in [2.05, 4.69) is 20.6 Å². The van der Waals surface area contributed by atoms with Gasteiger partial charge in [-0.25, -0.2) is 14.8 Å². The van der Waals surface area contributed by atoms with Gasteiger partial charge in [0.15, 0.2) is 0 Å². The Bertz CT molecular complexity index is 748. The Morgan fingerprint density at radius 3 is 2.38 bits per heavy atom. The van der Waals surface area contributed by atoms with Gasteiger partial charge in [0.2, 0.25) is 0 Å². The number of hydrogen-bond donors (Lipinski definition) is 2. The second-order valence-corrected chi connectivity index (χ2v) is 7.36. The molecule has 2 aromatic heterocycles. The second-order valence-electron chi connectivity index (χ2n) is 6.16. The third-order valence-electron chi connectivity index (χ3n) is 2.76. The van der Waals surface area contributed by atoms with Crippen molar-refractivity contribution in [3.8, 4) is 0 Å². The van der Waals surface area contributed by atoms with E-state index < -0.39 is 11.7 Å². The molecule has 0 radical (unpaired) electrons. The lowest BCUT2D eigenvalue weighted by Gasteiger charge is -2.19. The maximum absolute atomic E-state index is 12.2. The van der Waals surface area contributed by atoms with E-state index >= 15 is 0 Å². The van der Waals surface area contributed by atoms with Crippen LogP contribution in [0, 0.1) is 13.8 Å². The Hall–Kier alpha value is -2.48. The molecular weight excluding hydrogens is 328 g/mol. The molecule has 128 valence electrons. The van der Waals surface area contributed by atoms with Crippen LogP contribution < -0.4 is 10.6 Å². The standard InChI is InChI=1S/C16H20N4O3S/c1-9-13(24-10(2)18-9)14(21)19-11-6-7-12(17-8-11)20-15(22)23-16(3,4)5/h6-8H,1-5H3,(H,19,21)(H,17,20,22). The van der Waals surface area contributed by atoms with Gasteiger partial charge in [-0.15, -0.1) is 11.3 Å². The molecule has 8 heteroatoms. The summed E-state index contributed by atoms with van der Waals surface area (Å²) in [5.74, 6) is 0.111. The summed E-state index contributed by atoms with van der Waals surface area (Å²) < 4.78 is 5.14. The third-order valence-corrected chi connectivity index (χ3v) is 3.83. The van der Waals surface area contributed by atoms with Crippen molar-refractivity contribution in [3.63, 3.8) is 0 Å². The van der Waals surface area contributed by atoms with E-state index in [9.17, 15) is 9.59 Å². The van der Waals surface area contributed by atoms with Crippen LogP contribution in [0.4, 0.5) is 16.3 Å². The van der Waals surface area contributed by atoms with Crippen LogP contribution in [-0.4, -0.2) is 27.6 Å². The van der Waals surface area contributed by atoms with Gasteiger partial charge in [0.25, 0.3) is 5.91 Å². The molecule has 0 atom stereocenters. The Kier molecular flexibility index (Phi) is 5.18. The van der Waals surface area contributed by atoms with Crippen molar-refractivity contribution in [2.45, 2.75) is 40.2 Å². The summed E-state index contributed by atoms with van der Waals surface area (Å²) in [5.41, 5.74) is 0.647. The predicted molar refractivity (Wildman–Crippen MR) is 93.6 cm³/mol. The van der Waals surface area contributed by atoms with E-state index in [1.165, 1.54) is 17.5 Å². The van der Waals surface area contributed by atoms with Gasteiger partial charge in [0.05, 0.1) is 22.6 Å². The van der Waals surface area contributed by atoms with Crippen molar-refractivity contribution in [1.82, 2.24) is 9.97 Å². The first-order valence-corrected chi connectivity index (χ1v) is 8.17. The van der Waals surface area contributed by atoms with E-state index in [1.54, 1.807) is 39.8 Å². The van der Waals surface area contributed by atoms with Crippen molar-refractivity contribution in [2.24, 2.45) is 0 Å². The fraction of sp³-hybridized carbons (Fsp3) is 0.375. The van der Waals surface area contributed by atoms with Crippen molar-refractivity contribution in [2.75, 3.05) is 10.6 Å². The summed E-state index contributed by atoms with van der Waals surface area (Å²) in [7, 11) is 0. The number of thiazole rings is 1. The first-order valence-electron chi connectivity index (χ1n) is 7.35. The van der Waals surface area contributed by atoms with E-state index in [0.29, 0.717) is 22.1 Å². The van der Waals surface area contributed by atoms with Crippen LogP contribution in [0.2, 0.25) is 0 Å². The Morgan fingerprint density at radius 1 is 1.17 bits per heavy atom. The minimum absolute atomic E-state index is 0.229. The zero-order valence-electron chi connectivity index (χ0n) is 14.3. The smallest absolute Gasteiger partial charge is 0.413 e.